The van der Waals surface area contributed by atoms with Gasteiger partial charge in [-0.1, -0.05) is 12.1 Å². The molecular formula is C19H19N3O4S. The lowest BCUT2D eigenvalue weighted by Gasteiger charge is -2.10. The molecule has 3 aromatic rings. The highest BCUT2D eigenvalue weighted by molar-refractivity contribution is 7.93. The van der Waals surface area contributed by atoms with Gasteiger partial charge in [0.05, 0.1) is 42.4 Å². The van der Waals surface area contributed by atoms with Crippen LogP contribution in [0.1, 0.15) is 12.8 Å². The normalized spacial score (nSPS) is 14.1. The Morgan fingerprint density at radius 1 is 1.00 bits per heavy atom. The van der Waals surface area contributed by atoms with Crippen molar-refractivity contribution in [2.45, 2.75) is 18.1 Å². The maximum Gasteiger partial charge on any atom is 0.235 e. The van der Waals surface area contributed by atoms with E-state index in [0.29, 0.717) is 33.9 Å². The van der Waals surface area contributed by atoms with Crippen LogP contribution in [0.4, 0.5) is 5.69 Å². The van der Waals surface area contributed by atoms with Gasteiger partial charge < -0.3 is 9.47 Å². The molecule has 0 radical (unpaired) electrons. The first-order valence-electron chi connectivity index (χ1n) is 8.51. The number of anilines is 1. The van der Waals surface area contributed by atoms with Crippen molar-refractivity contribution in [3.63, 3.8) is 0 Å². The summed E-state index contributed by atoms with van der Waals surface area (Å²) in [5, 5.41) is -0.254. The molecule has 0 bridgehead atoms. The Morgan fingerprint density at radius 2 is 1.63 bits per heavy atom. The molecule has 1 N–H and O–H groups in total. The minimum atomic E-state index is -3.26. The summed E-state index contributed by atoms with van der Waals surface area (Å²) in [5.41, 5.74) is 3.46. The summed E-state index contributed by atoms with van der Waals surface area (Å²) in [4.78, 5) is 9.08. The van der Waals surface area contributed by atoms with E-state index in [1.807, 2.05) is 12.1 Å². The number of benzene rings is 2. The number of hydrogen-bond acceptors (Lipinski definition) is 6. The topological polar surface area (TPSA) is 90.4 Å². The lowest BCUT2D eigenvalue weighted by Crippen LogP contribution is -2.17. The molecule has 1 fully saturated rings. The molecular weight excluding hydrogens is 366 g/mol. The fourth-order valence-corrected chi connectivity index (χ4v) is 4.20. The average molecular weight is 385 g/mol. The monoisotopic (exact) mass is 385 g/mol. The molecule has 0 unspecified atom stereocenters. The molecule has 1 aliphatic rings. The van der Waals surface area contributed by atoms with Gasteiger partial charge in [-0.3, -0.25) is 9.71 Å². The molecule has 8 heteroatoms. The van der Waals surface area contributed by atoms with Gasteiger partial charge in [0.2, 0.25) is 10.0 Å². The first kappa shape index (κ1) is 17.5. The third-order valence-corrected chi connectivity index (χ3v) is 6.32. The van der Waals surface area contributed by atoms with E-state index < -0.39 is 10.0 Å². The van der Waals surface area contributed by atoms with Crippen LogP contribution in [0.5, 0.6) is 11.5 Å². The van der Waals surface area contributed by atoms with Crippen molar-refractivity contribution >= 4 is 26.7 Å². The highest BCUT2D eigenvalue weighted by atomic mass is 32.2. The van der Waals surface area contributed by atoms with E-state index in [9.17, 15) is 8.42 Å². The molecule has 0 amide bonds. The largest absolute Gasteiger partial charge is 0.493 e. The SMILES string of the molecule is COc1cc2ncc(-c3ccc(NS(=O)(=O)C4CC4)cc3)nc2cc1OC. The van der Waals surface area contributed by atoms with E-state index in [1.54, 1.807) is 44.7 Å². The van der Waals surface area contributed by atoms with Gasteiger partial charge in [-0.2, -0.15) is 0 Å². The number of sulfonamides is 1. The Labute approximate surface area is 157 Å². The van der Waals surface area contributed by atoms with Crippen molar-refractivity contribution in [1.82, 2.24) is 9.97 Å². The highest BCUT2D eigenvalue weighted by Crippen LogP contribution is 2.32. The molecule has 1 saturated carbocycles. The van der Waals surface area contributed by atoms with Crippen LogP contribution in [0.25, 0.3) is 22.3 Å². The first-order chi connectivity index (χ1) is 13.0. The van der Waals surface area contributed by atoms with Gasteiger partial charge in [-0.25, -0.2) is 13.4 Å². The summed E-state index contributed by atoms with van der Waals surface area (Å²) in [7, 11) is -0.119. The van der Waals surface area contributed by atoms with Crippen LogP contribution in [0.15, 0.2) is 42.6 Å². The molecule has 4 rings (SSSR count). The predicted molar refractivity (Wildman–Crippen MR) is 104 cm³/mol. The first-order valence-corrected chi connectivity index (χ1v) is 10.1. The molecule has 1 aromatic heterocycles. The minimum Gasteiger partial charge on any atom is -0.493 e. The maximum atomic E-state index is 12.0. The van der Waals surface area contributed by atoms with E-state index in [-0.39, 0.29) is 5.25 Å². The van der Waals surface area contributed by atoms with Gasteiger partial charge in [0.15, 0.2) is 11.5 Å². The van der Waals surface area contributed by atoms with Crippen LogP contribution in [-0.4, -0.2) is 37.9 Å². The number of ether oxygens (including phenoxy) is 2. The minimum absolute atomic E-state index is 0.254. The molecule has 2 aromatic carbocycles. The van der Waals surface area contributed by atoms with E-state index in [2.05, 4.69) is 14.7 Å². The van der Waals surface area contributed by atoms with Crippen molar-refractivity contribution in [3.05, 3.63) is 42.6 Å². The zero-order valence-electron chi connectivity index (χ0n) is 15.0. The maximum absolute atomic E-state index is 12.0. The quantitative estimate of drug-likeness (QED) is 0.701. The molecule has 0 aliphatic heterocycles. The van der Waals surface area contributed by atoms with E-state index >= 15 is 0 Å². The number of rotatable bonds is 6. The number of aromatic nitrogens is 2. The number of hydrogen-bond donors (Lipinski definition) is 1. The van der Waals surface area contributed by atoms with Gasteiger partial charge in [0.1, 0.15) is 0 Å². The van der Waals surface area contributed by atoms with E-state index in [0.717, 1.165) is 18.4 Å². The molecule has 7 nitrogen and oxygen atoms in total. The Balaban J connectivity index is 1.63. The second-order valence-electron chi connectivity index (χ2n) is 6.37. The summed E-state index contributed by atoms with van der Waals surface area (Å²) in [6.07, 6.45) is 3.14. The lowest BCUT2D eigenvalue weighted by atomic mass is 10.1. The number of fused-ring (bicyclic) bond motifs is 1. The van der Waals surface area contributed by atoms with Gasteiger partial charge in [0, 0.05) is 23.4 Å². The van der Waals surface area contributed by atoms with Crippen LogP contribution in [0.2, 0.25) is 0 Å². The third-order valence-electron chi connectivity index (χ3n) is 4.45. The van der Waals surface area contributed by atoms with Crippen LogP contribution < -0.4 is 14.2 Å². The van der Waals surface area contributed by atoms with Gasteiger partial charge in [-0.15, -0.1) is 0 Å². The highest BCUT2D eigenvalue weighted by Gasteiger charge is 2.35. The molecule has 27 heavy (non-hydrogen) atoms. The Morgan fingerprint density at radius 3 is 2.22 bits per heavy atom. The molecule has 0 atom stereocenters. The van der Waals surface area contributed by atoms with E-state index in [1.165, 1.54) is 0 Å². The average Bonchev–Trinajstić information content (AvgIpc) is 3.52. The van der Waals surface area contributed by atoms with Crippen molar-refractivity contribution in [2.75, 3.05) is 18.9 Å². The van der Waals surface area contributed by atoms with Crippen LogP contribution in [-0.2, 0) is 10.0 Å². The third kappa shape index (κ3) is 3.52. The molecule has 140 valence electrons. The molecule has 0 saturated heterocycles. The van der Waals surface area contributed by atoms with Crippen LogP contribution >= 0.6 is 0 Å². The fraction of sp³-hybridized carbons (Fsp3) is 0.263. The molecule has 1 aliphatic carbocycles. The Hall–Kier alpha value is -2.87. The molecule has 1 heterocycles. The second kappa shape index (κ2) is 6.70. The number of nitrogens with one attached hydrogen (secondary N) is 1. The predicted octanol–water partition coefficient (Wildman–Crippen LogP) is 3.22. The van der Waals surface area contributed by atoms with Crippen LogP contribution in [0, 0.1) is 0 Å². The zero-order chi connectivity index (χ0) is 19.0. The van der Waals surface area contributed by atoms with Crippen molar-refractivity contribution in [2.24, 2.45) is 0 Å². The van der Waals surface area contributed by atoms with Crippen molar-refractivity contribution < 1.29 is 17.9 Å². The van der Waals surface area contributed by atoms with Gasteiger partial charge in [0.25, 0.3) is 0 Å². The van der Waals surface area contributed by atoms with Gasteiger partial charge in [-0.05, 0) is 25.0 Å². The summed E-state index contributed by atoms with van der Waals surface area (Å²) in [5.74, 6) is 1.18. The fourth-order valence-electron chi connectivity index (χ4n) is 2.81. The standard InChI is InChI=1S/C19H19N3O4S/c1-25-18-9-15-16(10-19(18)26-2)21-17(11-20-15)12-3-5-13(6-4-12)22-27(23,24)14-7-8-14/h3-6,9-11,14,22H,7-8H2,1-2H3. The van der Waals surface area contributed by atoms with Crippen molar-refractivity contribution in [3.8, 4) is 22.8 Å². The summed E-state index contributed by atoms with van der Waals surface area (Å²) in [6.45, 7) is 0. The molecule has 0 spiro atoms. The Bertz CT molecular complexity index is 1090. The van der Waals surface area contributed by atoms with E-state index in [4.69, 9.17) is 9.47 Å². The Kier molecular flexibility index (Phi) is 4.35. The summed E-state index contributed by atoms with van der Waals surface area (Å²) >= 11 is 0. The second-order valence-corrected chi connectivity index (χ2v) is 8.34. The summed E-state index contributed by atoms with van der Waals surface area (Å²) in [6, 6.07) is 10.7. The number of methoxy groups -OCH3 is 2. The van der Waals surface area contributed by atoms with Gasteiger partial charge >= 0.3 is 0 Å². The summed E-state index contributed by atoms with van der Waals surface area (Å²) < 4.78 is 37.3. The van der Waals surface area contributed by atoms with Crippen molar-refractivity contribution in [1.29, 1.82) is 0 Å². The lowest BCUT2D eigenvalue weighted by molar-refractivity contribution is 0.355. The zero-order valence-corrected chi connectivity index (χ0v) is 15.8. The van der Waals surface area contributed by atoms with Crippen LogP contribution in [0.3, 0.4) is 0 Å². The smallest absolute Gasteiger partial charge is 0.235 e. The number of nitrogens with zero attached hydrogens (tertiary/aromatic N) is 2.